The zero-order valence-corrected chi connectivity index (χ0v) is 20.7. The molecule has 2 bridgehead atoms. The standard InChI is InChI=1S/C30H38O4/c1-4-5-6-7-8-18-34-26-20-25-24(29(2)16-9-17-30(25,3)28(29)33)19-23(26)15-12-21-10-13-22(14-11-21)27(31)32/h10-15,19-20,28,33H,4-9,16-18H2,1-3H3,(H,31,32)/p-1/b15-12+. The van der Waals surface area contributed by atoms with Gasteiger partial charge in [0.05, 0.1) is 18.7 Å². The Morgan fingerprint density at radius 1 is 1.03 bits per heavy atom. The molecule has 2 aliphatic carbocycles. The van der Waals surface area contributed by atoms with Crippen molar-refractivity contribution < 1.29 is 19.7 Å². The zero-order valence-electron chi connectivity index (χ0n) is 20.7. The van der Waals surface area contributed by atoms with Crippen LogP contribution in [0.15, 0.2) is 36.4 Å². The van der Waals surface area contributed by atoms with Crippen LogP contribution in [0.1, 0.15) is 105 Å². The summed E-state index contributed by atoms with van der Waals surface area (Å²) in [6.07, 6.45) is 12.7. The maximum atomic E-state index is 11.3. The number of fused-ring (bicyclic) bond motifs is 5. The summed E-state index contributed by atoms with van der Waals surface area (Å²) in [6, 6.07) is 11.1. The van der Waals surface area contributed by atoms with Crippen LogP contribution >= 0.6 is 0 Å². The fraction of sp³-hybridized carbons (Fsp3) is 0.500. The summed E-state index contributed by atoms with van der Waals surface area (Å²) in [7, 11) is 0. The molecule has 3 unspecified atom stereocenters. The molecule has 0 amide bonds. The largest absolute Gasteiger partial charge is 0.545 e. The van der Waals surface area contributed by atoms with Crippen molar-refractivity contribution in [2.45, 2.75) is 89.1 Å². The first-order valence-electron chi connectivity index (χ1n) is 12.8. The highest BCUT2D eigenvalue weighted by Crippen LogP contribution is 2.58. The molecule has 1 fully saturated rings. The summed E-state index contributed by atoms with van der Waals surface area (Å²) in [6.45, 7) is 7.29. The second-order valence-corrected chi connectivity index (χ2v) is 10.5. The van der Waals surface area contributed by atoms with E-state index >= 15 is 0 Å². The van der Waals surface area contributed by atoms with Crippen LogP contribution in [0.5, 0.6) is 5.75 Å². The zero-order chi connectivity index (χ0) is 24.3. The van der Waals surface area contributed by atoms with E-state index in [1.54, 1.807) is 24.3 Å². The fourth-order valence-electron chi connectivity index (χ4n) is 5.96. The Morgan fingerprint density at radius 3 is 2.32 bits per heavy atom. The summed E-state index contributed by atoms with van der Waals surface area (Å²) < 4.78 is 6.32. The Balaban J connectivity index is 1.64. The van der Waals surface area contributed by atoms with Gasteiger partial charge in [-0.2, -0.15) is 0 Å². The van der Waals surface area contributed by atoms with E-state index in [4.69, 9.17) is 4.74 Å². The molecule has 0 heterocycles. The van der Waals surface area contributed by atoms with Gasteiger partial charge in [-0.3, -0.25) is 0 Å². The molecule has 1 saturated carbocycles. The summed E-state index contributed by atoms with van der Waals surface area (Å²) in [4.78, 5) is 11.0. The highest BCUT2D eigenvalue weighted by molar-refractivity contribution is 5.86. The van der Waals surface area contributed by atoms with Crippen molar-refractivity contribution in [2.75, 3.05) is 6.61 Å². The van der Waals surface area contributed by atoms with Gasteiger partial charge < -0.3 is 19.7 Å². The lowest BCUT2D eigenvalue weighted by atomic mass is 9.66. The number of benzene rings is 2. The minimum absolute atomic E-state index is 0.171. The smallest absolute Gasteiger partial charge is 0.126 e. The van der Waals surface area contributed by atoms with Crippen LogP contribution in [0, 0.1) is 0 Å². The molecule has 2 aliphatic rings. The van der Waals surface area contributed by atoms with Gasteiger partial charge in [0.15, 0.2) is 0 Å². The van der Waals surface area contributed by atoms with E-state index in [0.29, 0.717) is 6.61 Å². The van der Waals surface area contributed by atoms with Crippen LogP contribution in [-0.4, -0.2) is 23.8 Å². The van der Waals surface area contributed by atoms with E-state index < -0.39 is 5.97 Å². The second-order valence-electron chi connectivity index (χ2n) is 10.5. The molecular formula is C30H37O4-. The van der Waals surface area contributed by atoms with Gasteiger partial charge in [0.25, 0.3) is 0 Å². The number of carbonyl (C=O) groups is 1. The van der Waals surface area contributed by atoms with Crippen molar-refractivity contribution in [3.05, 3.63) is 64.2 Å². The van der Waals surface area contributed by atoms with Crippen LogP contribution in [0.4, 0.5) is 0 Å². The van der Waals surface area contributed by atoms with Crippen LogP contribution < -0.4 is 9.84 Å². The Hall–Kier alpha value is -2.59. The Kier molecular flexibility index (Phi) is 7.18. The van der Waals surface area contributed by atoms with Crippen molar-refractivity contribution in [1.29, 1.82) is 0 Å². The number of unbranched alkanes of at least 4 members (excludes halogenated alkanes) is 4. The van der Waals surface area contributed by atoms with Crippen LogP contribution in [-0.2, 0) is 10.8 Å². The fourth-order valence-corrected chi connectivity index (χ4v) is 5.96. The summed E-state index contributed by atoms with van der Waals surface area (Å²) in [5, 5.41) is 22.3. The normalized spacial score (nSPS) is 25.5. The molecule has 2 aromatic rings. The maximum Gasteiger partial charge on any atom is 0.126 e. The number of aliphatic hydroxyl groups excluding tert-OH is 1. The van der Waals surface area contributed by atoms with Crippen LogP contribution in [0.3, 0.4) is 0 Å². The Labute approximate surface area is 203 Å². The molecule has 1 N–H and O–H groups in total. The van der Waals surface area contributed by atoms with Gasteiger partial charge >= 0.3 is 0 Å². The Morgan fingerprint density at radius 2 is 1.68 bits per heavy atom. The minimum Gasteiger partial charge on any atom is -0.545 e. The van der Waals surface area contributed by atoms with E-state index in [1.165, 1.54) is 36.8 Å². The number of ether oxygens (including phenoxy) is 1. The number of carboxylic acid groups (broad SMARTS) is 1. The average molecular weight is 462 g/mol. The van der Waals surface area contributed by atoms with E-state index in [1.807, 2.05) is 12.2 Å². The van der Waals surface area contributed by atoms with Crippen molar-refractivity contribution >= 4 is 18.1 Å². The molecule has 3 atom stereocenters. The third kappa shape index (κ3) is 4.53. The Bertz CT molecular complexity index is 1050. The van der Waals surface area contributed by atoms with Gasteiger partial charge in [0.1, 0.15) is 5.75 Å². The molecule has 34 heavy (non-hydrogen) atoms. The average Bonchev–Trinajstić information content (AvgIpc) is 2.91. The SMILES string of the molecule is CCCCCCCOc1cc2c(cc1/C=C/c1ccc(C(=O)[O-])cc1)C1(C)CCCC2(C)C1O. The molecule has 0 radical (unpaired) electrons. The number of aromatic carboxylic acids is 1. The van der Waals surface area contributed by atoms with Gasteiger partial charge in [-0.25, -0.2) is 0 Å². The van der Waals surface area contributed by atoms with Crippen LogP contribution in [0.2, 0.25) is 0 Å². The van der Waals surface area contributed by atoms with Crippen molar-refractivity contribution in [1.82, 2.24) is 0 Å². The van der Waals surface area contributed by atoms with Crippen molar-refractivity contribution in [2.24, 2.45) is 0 Å². The van der Waals surface area contributed by atoms with E-state index in [2.05, 4.69) is 32.9 Å². The van der Waals surface area contributed by atoms with Gasteiger partial charge in [-0.15, -0.1) is 0 Å². The monoisotopic (exact) mass is 461 g/mol. The first-order chi connectivity index (χ1) is 16.3. The van der Waals surface area contributed by atoms with Crippen molar-refractivity contribution in [3.8, 4) is 5.75 Å². The van der Waals surface area contributed by atoms with Gasteiger partial charge in [0, 0.05) is 16.4 Å². The predicted molar refractivity (Wildman–Crippen MR) is 135 cm³/mol. The molecule has 4 nitrogen and oxygen atoms in total. The molecule has 0 saturated heterocycles. The van der Waals surface area contributed by atoms with Gasteiger partial charge in [0.2, 0.25) is 0 Å². The lowest BCUT2D eigenvalue weighted by molar-refractivity contribution is -0.255. The molecular weight excluding hydrogens is 424 g/mol. The van der Waals surface area contributed by atoms with Crippen molar-refractivity contribution in [3.63, 3.8) is 0 Å². The number of aliphatic hydroxyl groups is 1. The van der Waals surface area contributed by atoms with Gasteiger partial charge in [-0.05, 0) is 53.6 Å². The molecule has 2 aromatic carbocycles. The van der Waals surface area contributed by atoms with Crippen LogP contribution in [0.25, 0.3) is 12.2 Å². The lowest BCUT2D eigenvalue weighted by Gasteiger charge is -2.41. The molecule has 4 rings (SSSR count). The van der Waals surface area contributed by atoms with E-state index in [0.717, 1.165) is 42.6 Å². The number of hydrogen-bond donors (Lipinski definition) is 1. The first-order valence-corrected chi connectivity index (χ1v) is 12.8. The third-order valence-corrected chi connectivity index (χ3v) is 8.09. The molecule has 0 aromatic heterocycles. The molecule has 4 heteroatoms. The van der Waals surface area contributed by atoms with Gasteiger partial charge in [-0.1, -0.05) is 89.3 Å². The lowest BCUT2D eigenvalue weighted by Crippen LogP contribution is -2.46. The van der Waals surface area contributed by atoms with E-state index in [9.17, 15) is 15.0 Å². The number of hydrogen-bond acceptors (Lipinski definition) is 4. The summed E-state index contributed by atoms with van der Waals surface area (Å²) >= 11 is 0. The molecule has 182 valence electrons. The van der Waals surface area contributed by atoms with E-state index in [-0.39, 0.29) is 22.5 Å². The maximum absolute atomic E-state index is 11.3. The number of carbonyl (C=O) groups excluding carboxylic acids is 1. The topological polar surface area (TPSA) is 69.6 Å². The number of rotatable bonds is 10. The highest BCUT2D eigenvalue weighted by atomic mass is 16.5. The second kappa shape index (κ2) is 9.95. The summed E-state index contributed by atoms with van der Waals surface area (Å²) in [5.74, 6) is -0.309. The molecule has 0 spiro atoms. The minimum atomic E-state index is -1.17. The first kappa shape index (κ1) is 24.5. The predicted octanol–water partition coefficient (Wildman–Crippen LogP) is 5.64. The quantitative estimate of drug-likeness (QED) is 0.367. The summed E-state index contributed by atoms with van der Waals surface area (Å²) in [5.41, 5.74) is 4.08. The number of carboxylic acids is 1. The molecule has 0 aliphatic heterocycles. The highest BCUT2D eigenvalue weighted by Gasteiger charge is 2.57. The third-order valence-electron chi connectivity index (χ3n) is 8.09.